The summed E-state index contributed by atoms with van der Waals surface area (Å²) < 4.78 is 27.1. The van der Waals surface area contributed by atoms with Crippen molar-refractivity contribution in [2.75, 3.05) is 13.1 Å². The third-order valence-corrected chi connectivity index (χ3v) is 8.20. The molecule has 8 heteroatoms. The van der Waals surface area contributed by atoms with Gasteiger partial charge in [-0.15, -0.1) is 11.3 Å². The van der Waals surface area contributed by atoms with E-state index in [1.807, 2.05) is 0 Å². The van der Waals surface area contributed by atoms with Crippen molar-refractivity contribution in [3.05, 3.63) is 10.7 Å². The number of aryl methyl sites for hydroxylation is 2. The van der Waals surface area contributed by atoms with Crippen LogP contribution < -0.4 is 0 Å². The third-order valence-electron chi connectivity index (χ3n) is 4.64. The van der Waals surface area contributed by atoms with E-state index in [-0.39, 0.29) is 11.3 Å². The van der Waals surface area contributed by atoms with Crippen molar-refractivity contribution in [1.29, 1.82) is 0 Å². The van der Waals surface area contributed by atoms with Gasteiger partial charge in [-0.3, -0.25) is 4.79 Å². The molecular formula is C13H18N2O4S2. The molecule has 21 heavy (non-hydrogen) atoms. The Bertz CT molecular complexity index is 687. The lowest BCUT2D eigenvalue weighted by Crippen LogP contribution is -2.39. The number of aromatic nitrogens is 1. The number of thiazole rings is 1. The summed E-state index contributed by atoms with van der Waals surface area (Å²) in [5, 5.41) is 9.82. The zero-order valence-electron chi connectivity index (χ0n) is 12.0. The molecule has 1 aromatic rings. The highest BCUT2D eigenvalue weighted by Gasteiger charge is 2.59. The topological polar surface area (TPSA) is 87.6 Å². The Morgan fingerprint density at radius 3 is 2.43 bits per heavy atom. The highest BCUT2D eigenvalue weighted by molar-refractivity contribution is 7.91. The van der Waals surface area contributed by atoms with E-state index < -0.39 is 16.0 Å². The first-order chi connectivity index (χ1) is 9.76. The number of rotatable bonds is 3. The molecule has 2 fully saturated rings. The molecule has 1 aliphatic carbocycles. The van der Waals surface area contributed by atoms with Crippen LogP contribution in [-0.2, 0) is 14.8 Å². The molecule has 1 aromatic heterocycles. The second-order valence-corrected chi connectivity index (χ2v) is 9.30. The molecule has 1 N–H and O–H groups in total. The molecule has 0 radical (unpaired) electrons. The Morgan fingerprint density at radius 2 is 2.00 bits per heavy atom. The fraction of sp³-hybridized carbons (Fsp3) is 0.692. The van der Waals surface area contributed by atoms with Crippen molar-refractivity contribution in [1.82, 2.24) is 9.29 Å². The number of sulfonamides is 1. The van der Waals surface area contributed by atoms with E-state index in [1.165, 1.54) is 15.6 Å². The van der Waals surface area contributed by atoms with Crippen LogP contribution in [-0.4, -0.2) is 41.9 Å². The molecule has 0 bridgehead atoms. The summed E-state index contributed by atoms with van der Waals surface area (Å²) >= 11 is 1.20. The molecule has 1 atom stereocenters. The first-order valence-corrected chi connectivity index (χ1v) is 9.19. The Labute approximate surface area is 127 Å². The molecule has 0 amide bonds. The van der Waals surface area contributed by atoms with Crippen LogP contribution in [0.2, 0.25) is 0 Å². The molecule has 2 heterocycles. The number of carbonyl (C=O) groups is 1. The number of hydrogen-bond donors (Lipinski definition) is 1. The second-order valence-electron chi connectivity index (χ2n) is 5.97. The van der Waals surface area contributed by atoms with Crippen LogP contribution in [0.4, 0.5) is 0 Å². The summed E-state index contributed by atoms with van der Waals surface area (Å²) in [5.41, 5.74) is 0.392. The van der Waals surface area contributed by atoms with E-state index in [0.717, 1.165) is 5.01 Å². The van der Waals surface area contributed by atoms with Gasteiger partial charge in [-0.05, 0) is 38.5 Å². The monoisotopic (exact) mass is 330 g/mol. The number of hydrogen-bond acceptors (Lipinski definition) is 5. The molecule has 1 aliphatic heterocycles. The lowest BCUT2D eigenvalue weighted by molar-refractivity contribution is -0.139. The van der Waals surface area contributed by atoms with E-state index in [1.54, 1.807) is 13.8 Å². The van der Waals surface area contributed by atoms with Crippen LogP contribution in [0.25, 0.3) is 0 Å². The van der Waals surface area contributed by atoms with Crippen LogP contribution >= 0.6 is 11.3 Å². The van der Waals surface area contributed by atoms with Crippen molar-refractivity contribution in [3.8, 4) is 0 Å². The largest absolute Gasteiger partial charge is 0.481 e. The second kappa shape index (κ2) is 4.76. The van der Waals surface area contributed by atoms with Gasteiger partial charge in [-0.1, -0.05) is 0 Å². The van der Waals surface area contributed by atoms with Crippen LogP contribution in [0, 0.1) is 25.2 Å². The van der Waals surface area contributed by atoms with E-state index in [9.17, 15) is 13.2 Å². The summed E-state index contributed by atoms with van der Waals surface area (Å²) in [6, 6.07) is 0. The number of carboxylic acid groups (broad SMARTS) is 1. The Morgan fingerprint density at radius 1 is 1.38 bits per heavy atom. The average Bonchev–Trinajstić information content (AvgIpc) is 2.98. The van der Waals surface area contributed by atoms with Crippen LogP contribution in [0.15, 0.2) is 4.21 Å². The predicted molar refractivity (Wildman–Crippen MR) is 77.8 cm³/mol. The van der Waals surface area contributed by atoms with Crippen molar-refractivity contribution in [2.24, 2.45) is 11.3 Å². The summed E-state index contributed by atoms with van der Waals surface area (Å²) in [6.07, 6.45) is 1.97. The molecule has 6 nitrogen and oxygen atoms in total. The van der Waals surface area contributed by atoms with Gasteiger partial charge in [0.25, 0.3) is 10.0 Å². The first-order valence-electron chi connectivity index (χ1n) is 6.93. The van der Waals surface area contributed by atoms with Gasteiger partial charge in [0.05, 0.1) is 16.6 Å². The lowest BCUT2D eigenvalue weighted by atomic mass is 9.92. The zero-order chi connectivity index (χ0) is 15.4. The predicted octanol–water partition coefficient (Wildman–Crippen LogP) is 1.64. The maximum atomic E-state index is 12.6. The van der Waals surface area contributed by atoms with Crippen LogP contribution in [0.1, 0.15) is 30.0 Å². The molecule has 1 saturated carbocycles. The quantitative estimate of drug-likeness (QED) is 0.910. The number of carboxylic acids is 1. The summed E-state index contributed by atoms with van der Waals surface area (Å²) in [5.74, 6) is -1.03. The molecule has 1 spiro atoms. The third kappa shape index (κ3) is 2.39. The van der Waals surface area contributed by atoms with Crippen molar-refractivity contribution >= 4 is 27.3 Å². The van der Waals surface area contributed by atoms with Gasteiger partial charge in [0.2, 0.25) is 0 Å². The van der Waals surface area contributed by atoms with Crippen molar-refractivity contribution in [3.63, 3.8) is 0 Å². The number of aliphatic carboxylic acids is 1. The maximum absolute atomic E-state index is 12.6. The molecule has 1 unspecified atom stereocenters. The Balaban J connectivity index is 1.75. The van der Waals surface area contributed by atoms with E-state index in [0.29, 0.717) is 42.3 Å². The Kier molecular flexibility index (Phi) is 3.38. The molecule has 3 rings (SSSR count). The number of piperidine rings is 1. The van der Waals surface area contributed by atoms with Crippen LogP contribution in [0.5, 0.6) is 0 Å². The summed E-state index contributed by atoms with van der Waals surface area (Å²) in [4.78, 5) is 15.2. The van der Waals surface area contributed by atoms with Crippen LogP contribution in [0.3, 0.4) is 0 Å². The molecule has 2 aliphatic rings. The van der Waals surface area contributed by atoms with Gasteiger partial charge in [-0.25, -0.2) is 13.4 Å². The zero-order valence-corrected chi connectivity index (χ0v) is 13.6. The Hall–Kier alpha value is -0.990. The fourth-order valence-electron chi connectivity index (χ4n) is 3.29. The minimum Gasteiger partial charge on any atom is -0.481 e. The summed E-state index contributed by atoms with van der Waals surface area (Å²) in [6.45, 7) is 4.32. The lowest BCUT2D eigenvalue weighted by Gasteiger charge is -2.31. The normalized spacial score (nSPS) is 25.1. The summed E-state index contributed by atoms with van der Waals surface area (Å²) in [7, 11) is -3.49. The van der Waals surface area contributed by atoms with E-state index >= 15 is 0 Å². The van der Waals surface area contributed by atoms with Crippen molar-refractivity contribution in [2.45, 2.75) is 37.3 Å². The SMILES string of the molecule is Cc1nc(C)c(S(=O)(=O)N2CCC3(CC2)CC3C(=O)O)s1. The minimum absolute atomic E-state index is 0.156. The minimum atomic E-state index is -3.49. The van der Waals surface area contributed by atoms with Gasteiger partial charge in [0.1, 0.15) is 0 Å². The van der Waals surface area contributed by atoms with Gasteiger partial charge < -0.3 is 5.11 Å². The van der Waals surface area contributed by atoms with Crippen molar-refractivity contribution < 1.29 is 18.3 Å². The highest BCUT2D eigenvalue weighted by Crippen LogP contribution is 2.59. The molecule has 116 valence electrons. The van der Waals surface area contributed by atoms with Gasteiger partial charge in [0.15, 0.2) is 4.21 Å². The number of nitrogens with zero attached hydrogens (tertiary/aromatic N) is 2. The maximum Gasteiger partial charge on any atom is 0.307 e. The smallest absolute Gasteiger partial charge is 0.307 e. The van der Waals surface area contributed by atoms with Gasteiger partial charge in [0, 0.05) is 13.1 Å². The van der Waals surface area contributed by atoms with Gasteiger partial charge >= 0.3 is 5.97 Å². The molecule has 0 aromatic carbocycles. The van der Waals surface area contributed by atoms with E-state index in [4.69, 9.17) is 5.11 Å². The molecule has 1 saturated heterocycles. The first kappa shape index (κ1) is 14.9. The highest BCUT2D eigenvalue weighted by atomic mass is 32.2. The van der Waals surface area contributed by atoms with Gasteiger partial charge in [-0.2, -0.15) is 4.31 Å². The standard InChI is InChI=1S/C13H18N2O4S2/c1-8-12(20-9(2)14-8)21(18,19)15-5-3-13(4-6-15)7-10(13)11(16)17/h10H,3-7H2,1-2H3,(H,16,17). The average molecular weight is 330 g/mol. The molecular weight excluding hydrogens is 312 g/mol. The fourth-order valence-corrected chi connectivity index (χ4v) is 6.35. The van der Waals surface area contributed by atoms with E-state index in [2.05, 4.69) is 4.98 Å².